The molecule has 0 bridgehead atoms. The molecule has 0 unspecified atom stereocenters. The summed E-state index contributed by atoms with van der Waals surface area (Å²) in [5.74, 6) is 0.213. The fourth-order valence-electron chi connectivity index (χ4n) is 2.25. The Kier molecular flexibility index (Phi) is 5.94. The smallest absolute Gasteiger partial charge is 0.288 e. The molecule has 3 amide bonds. The normalized spacial score (nSPS) is 14.1. The van der Waals surface area contributed by atoms with Gasteiger partial charge in [0.15, 0.2) is 0 Å². The van der Waals surface area contributed by atoms with Gasteiger partial charge < -0.3 is 9.73 Å². The number of aromatic nitrogens is 2. The highest BCUT2D eigenvalue weighted by Crippen LogP contribution is 2.23. The molecule has 2 heterocycles. The average molecular weight is 392 g/mol. The molecule has 1 aliphatic heterocycles. The Morgan fingerprint density at radius 1 is 1.38 bits per heavy atom. The van der Waals surface area contributed by atoms with Crippen molar-refractivity contribution in [3.05, 3.63) is 29.8 Å². The van der Waals surface area contributed by atoms with Crippen LogP contribution in [0.2, 0.25) is 0 Å². The summed E-state index contributed by atoms with van der Waals surface area (Å²) < 4.78 is 5.55. The minimum Gasteiger partial charge on any atom is -0.411 e. The Hall–Kier alpha value is -2.33. The van der Waals surface area contributed by atoms with Crippen LogP contribution in [0.4, 0.5) is 4.79 Å². The Bertz CT molecular complexity index is 823. The van der Waals surface area contributed by atoms with Crippen LogP contribution in [0, 0.1) is 6.92 Å². The van der Waals surface area contributed by atoms with E-state index in [0.717, 1.165) is 39.6 Å². The van der Waals surface area contributed by atoms with Crippen molar-refractivity contribution in [1.82, 2.24) is 20.4 Å². The SMILES string of the molecule is Cc1cccc(-c2nnc(SCC(=O)NCCN3C(=O)CSC3=O)o2)c1. The van der Waals surface area contributed by atoms with Gasteiger partial charge in [-0.3, -0.25) is 19.3 Å². The molecule has 0 atom stereocenters. The summed E-state index contributed by atoms with van der Waals surface area (Å²) in [6.45, 7) is 2.37. The average Bonchev–Trinajstić information content (AvgIpc) is 3.22. The number of imide groups is 1. The van der Waals surface area contributed by atoms with Gasteiger partial charge in [0.1, 0.15) is 0 Å². The Morgan fingerprint density at radius 2 is 2.23 bits per heavy atom. The number of nitrogens with one attached hydrogen (secondary N) is 1. The lowest BCUT2D eigenvalue weighted by molar-refractivity contribution is -0.125. The second kappa shape index (κ2) is 8.37. The molecular formula is C16H16N4O4S2. The largest absolute Gasteiger partial charge is 0.411 e. The van der Waals surface area contributed by atoms with Crippen molar-refractivity contribution in [3.8, 4) is 11.5 Å². The Balaban J connectivity index is 1.43. The number of hydrogen-bond acceptors (Lipinski definition) is 8. The fraction of sp³-hybridized carbons (Fsp3) is 0.312. The molecule has 8 nitrogen and oxygen atoms in total. The molecule has 1 aliphatic rings. The van der Waals surface area contributed by atoms with Gasteiger partial charge in [0, 0.05) is 18.7 Å². The van der Waals surface area contributed by atoms with Crippen molar-refractivity contribution in [3.63, 3.8) is 0 Å². The van der Waals surface area contributed by atoms with E-state index in [0.29, 0.717) is 11.1 Å². The van der Waals surface area contributed by atoms with E-state index in [-0.39, 0.29) is 41.6 Å². The summed E-state index contributed by atoms with van der Waals surface area (Å²) in [7, 11) is 0. The summed E-state index contributed by atoms with van der Waals surface area (Å²) in [6.07, 6.45) is 0. The maximum Gasteiger partial charge on any atom is 0.288 e. The third kappa shape index (κ3) is 4.64. The predicted molar refractivity (Wildman–Crippen MR) is 97.8 cm³/mol. The first-order valence-electron chi connectivity index (χ1n) is 7.80. The molecule has 1 fully saturated rings. The highest BCUT2D eigenvalue weighted by atomic mass is 32.2. The van der Waals surface area contributed by atoms with Gasteiger partial charge in [-0.15, -0.1) is 10.2 Å². The van der Waals surface area contributed by atoms with E-state index < -0.39 is 0 Å². The molecule has 136 valence electrons. The van der Waals surface area contributed by atoms with Crippen molar-refractivity contribution in [1.29, 1.82) is 0 Å². The van der Waals surface area contributed by atoms with Crippen LogP contribution in [0.1, 0.15) is 5.56 Å². The van der Waals surface area contributed by atoms with Crippen LogP contribution in [0.15, 0.2) is 33.9 Å². The minimum absolute atomic E-state index is 0.103. The number of carbonyl (C=O) groups excluding carboxylic acids is 3. The molecule has 1 saturated heterocycles. The Labute approximate surface area is 158 Å². The predicted octanol–water partition coefficient (Wildman–Crippen LogP) is 1.95. The van der Waals surface area contributed by atoms with Crippen LogP contribution in [0.25, 0.3) is 11.5 Å². The van der Waals surface area contributed by atoms with Crippen molar-refractivity contribution in [2.24, 2.45) is 0 Å². The van der Waals surface area contributed by atoms with Crippen LogP contribution in [0.3, 0.4) is 0 Å². The maximum absolute atomic E-state index is 11.9. The highest BCUT2D eigenvalue weighted by molar-refractivity contribution is 8.14. The third-order valence-corrected chi connectivity index (χ3v) is 5.17. The summed E-state index contributed by atoms with van der Waals surface area (Å²) >= 11 is 2.10. The number of benzene rings is 1. The number of nitrogens with zero attached hydrogens (tertiary/aromatic N) is 3. The maximum atomic E-state index is 11.9. The van der Waals surface area contributed by atoms with Gasteiger partial charge in [-0.05, 0) is 19.1 Å². The zero-order valence-corrected chi connectivity index (χ0v) is 15.6. The number of amides is 3. The van der Waals surface area contributed by atoms with Gasteiger partial charge in [0.25, 0.3) is 10.5 Å². The van der Waals surface area contributed by atoms with Crippen LogP contribution in [0.5, 0.6) is 0 Å². The van der Waals surface area contributed by atoms with E-state index in [1.54, 1.807) is 0 Å². The molecule has 0 spiro atoms. The molecule has 26 heavy (non-hydrogen) atoms. The summed E-state index contributed by atoms with van der Waals surface area (Å²) in [6, 6.07) is 7.69. The van der Waals surface area contributed by atoms with E-state index in [2.05, 4.69) is 15.5 Å². The lowest BCUT2D eigenvalue weighted by atomic mass is 10.1. The lowest BCUT2D eigenvalue weighted by Gasteiger charge is -2.12. The quantitative estimate of drug-likeness (QED) is 0.713. The molecule has 0 radical (unpaired) electrons. The highest BCUT2D eigenvalue weighted by Gasteiger charge is 2.29. The molecular weight excluding hydrogens is 376 g/mol. The molecule has 1 aromatic carbocycles. The first kappa shape index (κ1) is 18.5. The number of rotatable bonds is 7. The van der Waals surface area contributed by atoms with Crippen molar-refractivity contribution >= 4 is 40.6 Å². The minimum atomic E-state index is -0.270. The van der Waals surface area contributed by atoms with Crippen LogP contribution in [-0.2, 0) is 9.59 Å². The van der Waals surface area contributed by atoms with E-state index in [9.17, 15) is 14.4 Å². The van der Waals surface area contributed by atoms with Crippen LogP contribution >= 0.6 is 23.5 Å². The fourth-order valence-corrected chi connectivity index (χ4v) is 3.59. The zero-order chi connectivity index (χ0) is 18.5. The summed E-state index contributed by atoms with van der Waals surface area (Å²) in [4.78, 5) is 35.9. The molecule has 0 saturated carbocycles. The second-order valence-corrected chi connectivity index (χ2v) is 7.33. The van der Waals surface area contributed by atoms with Crippen molar-refractivity contribution in [2.45, 2.75) is 12.1 Å². The number of thioether (sulfide) groups is 2. The summed E-state index contributed by atoms with van der Waals surface area (Å²) in [5.41, 5.74) is 1.91. The van der Waals surface area contributed by atoms with Crippen molar-refractivity contribution in [2.75, 3.05) is 24.6 Å². The van der Waals surface area contributed by atoms with E-state index in [4.69, 9.17) is 4.42 Å². The monoisotopic (exact) mass is 392 g/mol. The zero-order valence-electron chi connectivity index (χ0n) is 13.9. The molecule has 1 N–H and O–H groups in total. The van der Waals surface area contributed by atoms with Gasteiger partial charge in [0.2, 0.25) is 17.7 Å². The van der Waals surface area contributed by atoms with Crippen molar-refractivity contribution < 1.29 is 18.8 Å². The first-order valence-corrected chi connectivity index (χ1v) is 9.77. The number of carbonyl (C=O) groups is 3. The van der Waals surface area contributed by atoms with Crippen LogP contribution < -0.4 is 5.32 Å². The number of hydrogen-bond donors (Lipinski definition) is 1. The van der Waals surface area contributed by atoms with Gasteiger partial charge in [-0.1, -0.05) is 41.2 Å². The molecule has 3 rings (SSSR count). The Morgan fingerprint density at radius 3 is 2.96 bits per heavy atom. The standard InChI is InChI=1S/C16H16N4O4S2/c1-10-3-2-4-11(7-10)14-18-19-15(24-14)25-8-12(21)17-5-6-20-13(22)9-26-16(20)23/h2-4,7H,5-6,8-9H2,1H3,(H,17,21). The second-order valence-electron chi connectivity index (χ2n) is 5.48. The first-order chi connectivity index (χ1) is 12.5. The topological polar surface area (TPSA) is 105 Å². The van der Waals surface area contributed by atoms with Gasteiger partial charge in [-0.2, -0.15) is 0 Å². The number of aryl methyl sites for hydroxylation is 1. The third-order valence-electron chi connectivity index (χ3n) is 3.50. The van der Waals surface area contributed by atoms with Gasteiger partial charge in [0.05, 0.1) is 11.5 Å². The molecule has 2 aromatic rings. The van der Waals surface area contributed by atoms with Gasteiger partial charge in [-0.25, -0.2) is 0 Å². The lowest BCUT2D eigenvalue weighted by Crippen LogP contribution is -2.38. The van der Waals surface area contributed by atoms with Crippen LogP contribution in [-0.4, -0.2) is 56.7 Å². The molecule has 0 aliphatic carbocycles. The van der Waals surface area contributed by atoms with Gasteiger partial charge >= 0.3 is 0 Å². The molecule has 1 aromatic heterocycles. The molecule has 10 heteroatoms. The van der Waals surface area contributed by atoms with E-state index in [1.807, 2.05) is 31.2 Å². The van der Waals surface area contributed by atoms with E-state index in [1.165, 1.54) is 0 Å². The summed E-state index contributed by atoms with van der Waals surface area (Å²) in [5, 5.41) is 10.6. The van der Waals surface area contributed by atoms with E-state index >= 15 is 0 Å².